The Hall–Kier alpha value is -1.86. The van der Waals surface area contributed by atoms with Crippen molar-refractivity contribution in [2.24, 2.45) is 0 Å². The lowest BCUT2D eigenvalue weighted by Crippen LogP contribution is -2.40. The highest BCUT2D eigenvalue weighted by Gasteiger charge is 2.15. The lowest BCUT2D eigenvalue weighted by molar-refractivity contribution is -0.131. The molecule has 1 aromatic rings. The number of piperidine rings is 1. The second-order valence-electron chi connectivity index (χ2n) is 4.86. The van der Waals surface area contributed by atoms with E-state index in [4.69, 9.17) is 5.26 Å². The molecule has 1 aliphatic rings. The molecule has 4 heteroatoms. The molecule has 1 N–H and O–H groups in total. The normalized spacial score (nSPS) is 15.0. The van der Waals surface area contributed by atoms with E-state index in [9.17, 15) is 4.79 Å². The number of rotatable bonds is 4. The zero-order chi connectivity index (χ0) is 13.5. The van der Waals surface area contributed by atoms with Gasteiger partial charge in [0.25, 0.3) is 0 Å². The SMILES string of the molecule is N#Cc1cccc(CNCC(=O)N2CCCCC2)c1. The number of nitriles is 1. The minimum atomic E-state index is 0.177. The molecule has 1 aliphatic heterocycles. The van der Waals surface area contributed by atoms with Gasteiger partial charge >= 0.3 is 0 Å². The van der Waals surface area contributed by atoms with Crippen molar-refractivity contribution in [1.29, 1.82) is 5.26 Å². The first-order valence-electron chi connectivity index (χ1n) is 6.77. The summed E-state index contributed by atoms with van der Waals surface area (Å²) in [5.41, 5.74) is 1.69. The van der Waals surface area contributed by atoms with Gasteiger partial charge in [-0.05, 0) is 37.0 Å². The van der Waals surface area contributed by atoms with Crippen LogP contribution in [-0.4, -0.2) is 30.4 Å². The van der Waals surface area contributed by atoms with Crippen molar-refractivity contribution < 1.29 is 4.79 Å². The van der Waals surface area contributed by atoms with Crippen LogP contribution in [0.25, 0.3) is 0 Å². The number of amides is 1. The van der Waals surface area contributed by atoms with Gasteiger partial charge in [-0.3, -0.25) is 4.79 Å². The van der Waals surface area contributed by atoms with Crippen molar-refractivity contribution in [3.8, 4) is 6.07 Å². The van der Waals surface area contributed by atoms with Gasteiger partial charge in [0.2, 0.25) is 5.91 Å². The molecular weight excluding hydrogens is 238 g/mol. The van der Waals surface area contributed by atoms with Crippen molar-refractivity contribution in [3.63, 3.8) is 0 Å². The van der Waals surface area contributed by atoms with Crippen LogP contribution in [0.2, 0.25) is 0 Å². The highest BCUT2D eigenvalue weighted by atomic mass is 16.2. The maximum Gasteiger partial charge on any atom is 0.236 e. The van der Waals surface area contributed by atoms with Gasteiger partial charge in [0.15, 0.2) is 0 Å². The van der Waals surface area contributed by atoms with E-state index in [2.05, 4.69) is 11.4 Å². The fourth-order valence-corrected chi connectivity index (χ4v) is 2.32. The Morgan fingerprint density at radius 2 is 2.11 bits per heavy atom. The zero-order valence-electron chi connectivity index (χ0n) is 11.1. The lowest BCUT2D eigenvalue weighted by atomic mass is 10.1. The summed E-state index contributed by atoms with van der Waals surface area (Å²) in [6.45, 7) is 2.78. The van der Waals surface area contributed by atoms with Crippen molar-refractivity contribution in [2.75, 3.05) is 19.6 Å². The lowest BCUT2D eigenvalue weighted by Gasteiger charge is -2.26. The van der Waals surface area contributed by atoms with Gasteiger partial charge in [0.05, 0.1) is 18.2 Å². The monoisotopic (exact) mass is 257 g/mol. The molecule has 0 aromatic heterocycles. The predicted octanol–water partition coefficient (Wildman–Crippen LogP) is 1.66. The van der Waals surface area contributed by atoms with Crippen molar-refractivity contribution >= 4 is 5.91 Å². The summed E-state index contributed by atoms with van der Waals surface area (Å²) in [4.78, 5) is 13.9. The quantitative estimate of drug-likeness (QED) is 0.892. The van der Waals surface area contributed by atoms with E-state index in [1.165, 1.54) is 6.42 Å². The summed E-state index contributed by atoms with van der Waals surface area (Å²) in [6.07, 6.45) is 3.48. The minimum Gasteiger partial charge on any atom is -0.342 e. The van der Waals surface area contributed by atoms with Gasteiger partial charge < -0.3 is 10.2 Å². The first kappa shape index (κ1) is 13.6. The molecule has 0 saturated carbocycles. The number of likely N-dealkylation sites (tertiary alicyclic amines) is 1. The summed E-state index contributed by atoms with van der Waals surface area (Å²) in [5, 5.41) is 12.0. The number of nitrogens with zero attached hydrogens (tertiary/aromatic N) is 2. The minimum absolute atomic E-state index is 0.177. The summed E-state index contributed by atoms with van der Waals surface area (Å²) in [5.74, 6) is 0.177. The van der Waals surface area contributed by atoms with Gasteiger partial charge in [0.1, 0.15) is 0 Å². The van der Waals surface area contributed by atoms with Gasteiger partial charge in [-0.25, -0.2) is 0 Å². The van der Waals surface area contributed by atoms with E-state index < -0.39 is 0 Å². The predicted molar refractivity (Wildman–Crippen MR) is 73.3 cm³/mol. The van der Waals surface area contributed by atoms with Crippen molar-refractivity contribution in [2.45, 2.75) is 25.8 Å². The van der Waals surface area contributed by atoms with E-state index in [1.54, 1.807) is 6.07 Å². The van der Waals surface area contributed by atoms with E-state index in [0.717, 1.165) is 31.5 Å². The van der Waals surface area contributed by atoms with Crippen LogP contribution < -0.4 is 5.32 Å². The van der Waals surface area contributed by atoms with Gasteiger partial charge in [-0.2, -0.15) is 5.26 Å². The van der Waals surface area contributed by atoms with Gasteiger partial charge in [0, 0.05) is 19.6 Å². The number of nitrogens with one attached hydrogen (secondary N) is 1. The van der Waals surface area contributed by atoms with Crippen LogP contribution in [0.5, 0.6) is 0 Å². The molecule has 1 heterocycles. The Bertz CT molecular complexity index is 473. The molecule has 0 radical (unpaired) electrons. The van der Waals surface area contributed by atoms with Crippen LogP contribution in [0, 0.1) is 11.3 Å². The highest BCUT2D eigenvalue weighted by molar-refractivity contribution is 5.78. The molecule has 0 aliphatic carbocycles. The summed E-state index contributed by atoms with van der Waals surface area (Å²) >= 11 is 0. The maximum absolute atomic E-state index is 11.9. The molecule has 1 saturated heterocycles. The summed E-state index contributed by atoms with van der Waals surface area (Å²) < 4.78 is 0. The number of carbonyl (C=O) groups excluding carboxylic acids is 1. The molecule has 0 bridgehead atoms. The third kappa shape index (κ3) is 4.08. The van der Waals surface area contributed by atoms with E-state index in [1.807, 2.05) is 23.1 Å². The topological polar surface area (TPSA) is 56.1 Å². The second kappa shape index (κ2) is 6.91. The largest absolute Gasteiger partial charge is 0.342 e. The Labute approximate surface area is 114 Å². The highest BCUT2D eigenvalue weighted by Crippen LogP contribution is 2.08. The fraction of sp³-hybridized carbons (Fsp3) is 0.467. The van der Waals surface area contributed by atoms with Crippen molar-refractivity contribution in [3.05, 3.63) is 35.4 Å². The van der Waals surface area contributed by atoms with Crippen LogP contribution >= 0.6 is 0 Å². The van der Waals surface area contributed by atoms with Gasteiger partial charge in [-0.1, -0.05) is 12.1 Å². The summed E-state index contributed by atoms with van der Waals surface area (Å²) in [6, 6.07) is 9.56. The number of hydrogen-bond donors (Lipinski definition) is 1. The average molecular weight is 257 g/mol. The number of carbonyl (C=O) groups is 1. The van der Waals surface area contributed by atoms with Crippen LogP contribution in [0.15, 0.2) is 24.3 Å². The molecule has 1 aromatic carbocycles. The average Bonchev–Trinajstić information content (AvgIpc) is 2.48. The third-order valence-electron chi connectivity index (χ3n) is 3.37. The van der Waals surface area contributed by atoms with E-state index >= 15 is 0 Å². The molecule has 1 amide bonds. The first-order valence-corrected chi connectivity index (χ1v) is 6.77. The van der Waals surface area contributed by atoms with E-state index in [-0.39, 0.29) is 5.91 Å². The van der Waals surface area contributed by atoms with Crippen LogP contribution in [0.1, 0.15) is 30.4 Å². The van der Waals surface area contributed by atoms with Crippen LogP contribution in [0.3, 0.4) is 0 Å². The fourth-order valence-electron chi connectivity index (χ4n) is 2.32. The molecule has 4 nitrogen and oxygen atoms in total. The number of hydrogen-bond acceptors (Lipinski definition) is 3. The van der Waals surface area contributed by atoms with Crippen LogP contribution in [0.4, 0.5) is 0 Å². The number of benzene rings is 1. The first-order chi connectivity index (χ1) is 9.29. The maximum atomic E-state index is 11.9. The van der Waals surface area contributed by atoms with Gasteiger partial charge in [-0.15, -0.1) is 0 Å². The van der Waals surface area contributed by atoms with E-state index in [0.29, 0.717) is 18.7 Å². The molecule has 0 unspecified atom stereocenters. The Kier molecular flexibility index (Phi) is 4.93. The molecule has 1 fully saturated rings. The smallest absolute Gasteiger partial charge is 0.236 e. The molecular formula is C15H19N3O. The molecule has 0 spiro atoms. The zero-order valence-corrected chi connectivity index (χ0v) is 11.1. The molecule has 100 valence electrons. The van der Waals surface area contributed by atoms with Crippen LogP contribution in [-0.2, 0) is 11.3 Å². The Morgan fingerprint density at radius 3 is 2.84 bits per heavy atom. The Balaban J connectivity index is 1.76. The molecule has 2 rings (SSSR count). The second-order valence-corrected chi connectivity index (χ2v) is 4.86. The molecule has 0 atom stereocenters. The summed E-state index contributed by atoms with van der Waals surface area (Å²) in [7, 11) is 0. The van der Waals surface area contributed by atoms with Crippen molar-refractivity contribution in [1.82, 2.24) is 10.2 Å². The third-order valence-corrected chi connectivity index (χ3v) is 3.37. The molecule has 19 heavy (non-hydrogen) atoms. The Morgan fingerprint density at radius 1 is 1.32 bits per heavy atom. The standard InChI is InChI=1S/C15H19N3O/c16-10-13-5-4-6-14(9-13)11-17-12-15(19)18-7-2-1-3-8-18/h4-6,9,17H,1-3,7-8,11-12H2.